The molecule has 2 aromatic rings. The smallest absolute Gasteiger partial charge is 0.266 e. The minimum absolute atomic E-state index is 0.0115. The molecular formula is C11H8N4OS. The third-order valence-corrected chi connectivity index (χ3v) is 3.70. The van der Waals surface area contributed by atoms with Crippen LogP contribution in [0.1, 0.15) is 21.1 Å². The third-order valence-electron chi connectivity index (χ3n) is 2.80. The van der Waals surface area contributed by atoms with Crippen LogP contribution in [0.15, 0.2) is 17.8 Å². The van der Waals surface area contributed by atoms with Crippen molar-refractivity contribution in [3.05, 3.63) is 34.0 Å². The number of fused-ring (bicyclic) bond motifs is 3. The zero-order chi connectivity index (χ0) is 12.0. The highest BCUT2D eigenvalue weighted by atomic mass is 32.1. The number of amides is 1. The molecule has 0 aliphatic carbocycles. The third kappa shape index (κ3) is 1.29. The molecule has 0 N–H and O–H groups in total. The highest BCUT2D eigenvalue weighted by molar-refractivity contribution is 7.12. The Morgan fingerprint density at radius 2 is 2.41 bits per heavy atom. The molecule has 3 rings (SSSR count). The van der Waals surface area contributed by atoms with Gasteiger partial charge in [0, 0.05) is 7.05 Å². The highest BCUT2D eigenvalue weighted by Crippen LogP contribution is 2.28. The van der Waals surface area contributed by atoms with E-state index in [0.29, 0.717) is 17.1 Å². The lowest BCUT2D eigenvalue weighted by Gasteiger charge is -2.12. The van der Waals surface area contributed by atoms with Crippen molar-refractivity contribution in [1.82, 2.24) is 14.5 Å². The molecule has 3 heterocycles. The van der Waals surface area contributed by atoms with E-state index in [9.17, 15) is 4.79 Å². The molecule has 1 amide bonds. The second-order valence-corrected chi connectivity index (χ2v) is 4.73. The van der Waals surface area contributed by atoms with E-state index in [0.717, 1.165) is 11.4 Å². The molecule has 17 heavy (non-hydrogen) atoms. The van der Waals surface area contributed by atoms with Crippen LogP contribution in [0.25, 0.3) is 5.69 Å². The van der Waals surface area contributed by atoms with Crippen LogP contribution in [0.3, 0.4) is 0 Å². The van der Waals surface area contributed by atoms with E-state index in [1.807, 2.05) is 16.0 Å². The van der Waals surface area contributed by atoms with Gasteiger partial charge in [-0.15, -0.1) is 11.3 Å². The number of nitrogens with zero attached hydrogens (tertiary/aromatic N) is 4. The Hall–Kier alpha value is -2.13. The average molecular weight is 244 g/mol. The minimum Gasteiger partial charge on any atom is -0.335 e. The molecule has 84 valence electrons. The predicted octanol–water partition coefficient (Wildman–Crippen LogP) is 1.39. The zero-order valence-electron chi connectivity index (χ0n) is 9.04. The van der Waals surface area contributed by atoms with Crippen molar-refractivity contribution in [2.24, 2.45) is 0 Å². The Kier molecular flexibility index (Phi) is 2.03. The first-order valence-electron chi connectivity index (χ1n) is 5.02. The van der Waals surface area contributed by atoms with Gasteiger partial charge in [0.05, 0.1) is 17.9 Å². The first-order chi connectivity index (χ1) is 8.22. The van der Waals surface area contributed by atoms with Crippen LogP contribution in [-0.4, -0.2) is 27.4 Å². The molecule has 0 atom stereocenters. The van der Waals surface area contributed by atoms with Crippen LogP contribution in [0, 0.1) is 11.3 Å². The van der Waals surface area contributed by atoms with E-state index >= 15 is 0 Å². The van der Waals surface area contributed by atoms with Crippen LogP contribution in [0.4, 0.5) is 0 Å². The Labute approximate surface area is 102 Å². The zero-order valence-corrected chi connectivity index (χ0v) is 9.86. The Bertz CT molecular complexity index is 649. The maximum atomic E-state index is 12.1. The molecule has 1 aliphatic heterocycles. The summed E-state index contributed by atoms with van der Waals surface area (Å²) >= 11 is 1.41. The summed E-state index contributed by atoms with van der Waals surface area (Å²) in [7, 11) is 1.73. The van der Waals surface area contributed by atoms with E-state index in [1.165, 1.54) is 11.3 Å². The number of carbonyl (C=O) groups excluding carboxylic acids is 1. The van der Waals surface area contributed by atoms with Gasteiger partial charge in [-0.3, -0.25) is 9.36 Å². The van der Waals surface area contributed by atoms with Crippen molar-refractivity contribution in [2.75, 3.05) is 7.05 Å². The number of thiophene rings is 1. The Morgan fingerprint density at radius 1 is 1.59 bits per heavy atom. The lowest BCUT2D eigenvalue weighted by Crippen LogP contribution is -2.24. The fourth-order valence-corrected chi connectivity index (χ4v) is 2.82. The number of rotatable bonds is 0. The molecule has 0 saturated heterocycles. The summed E-state index contributed by atoms with van der Waals surface area (Å²) < 4.78 is 1.83. The number of nitriles is 1. The molecule has 0 radical (unpaired) electrons. The van der Waals surface area contributed by atoms with Gasteiger partial charge < -0.3 is 4.90 Å². The van der Waals surface area contributed by atoms with Crippen LogP contribution in [0.2, 0.25) is 0 Å². The monoisotopic (exact) mass is 244 g/mol. The first-order valence-corrected chi connectivity index (χ1v) is 5.90. The van der Waals surface area contributed by atoms with Gasteiger partial charge in [-0.25, -0.2) is 4.98 Å². The van der Waals surface area contributed by atoms with Gasteiger partial charge in [0.15, 0.2) is 5.69 Å². The summed E-state index contributed by atoms with van der Waals surface area (Å²) in [6, 6.07) is 3.93. The first kappa shape index (κ1) is 10.1. The van der Waals surface area contributed by atoms with E-state index in [4.69, 9.17) is 5.26 Å². The number of hydrogen-bond donors (Lipinski definition) is 0. The summed E-state index contributed by atoms with van der Waals surface area (Å²) in [4.78, 5) is 18.4. The fourth-order valence-electron chi connectivity index (χ4n) is 1.95. The molecular weight excluding hydrogens is 236 g/mol. The van der Waals surface area contributed by atoms with Crippen molar-refractivity contribution in [2.45, 2.75) is 6.54 Å². The highest BCUT2D eigenvalue weighted by Gasteiger charge is 2.26. The second-order valence-electron chi connectivity index (χ2n) is 3.82. The fraction of sp³-hybridized carbons (Fsp3) is 0.182. The summed E-state index contributed by atoms with van der Waals surface area (Å²) in [5.74, 6) is -0.0115. The molecule has 0 aromatic carbocycles. The van der Waals surface area contributed by atoms with Gasteiger partial charge in [-0.2, -0.15) is 5.26 Å². The SMILES string of the molecule is CN1Cc2c(C#N)ncn2-c2ccsc2C1=O. The summed E-state index contributed by atoms with van der Waals surface area (Å²) in [5.41, 5.74) is 1.96. The summed E-state index contributed by atoms with van der Waals surface area (Å²) in [6.07, 6.45) is 1.60. The van der Waals surface area contributed by atoms with Crippen LogP contribution < -0.4 is 0 Å². The van der Waals surface area contributed by atoms with Crippen molar-refractivity contribution >= 4 is 17.2 Å². The van der Waals surface area contributed by atoms with Gasteiger partial charge in [-0.05, 0) is 11.4 Å². The lowest BCUT2D eigenvalue weighted by atomic mass is 10.3. The van der Waals surface area contributed by atoms with Gasteiger partial charge in [-0.1, -0.05) is 0 Å². The maximum Gasteiger partial charge on any atom is 0.266 e. The molecule has 5 nitrogen and oxygen atoms in total. The number of imidazole rings is 1. The van der Waals surface area contributed by atoms with Crippen LogP contribution >= 0.6 is 11.3 Å². The predicted molar refractivity (Wildman–Crippen MR) is 62.0 cm³/mol. The number of aromatic nitrogens is 2. The molecule has 0 bridgehead atoms. The second kappa shape index (κ2) is 3.43. The van der Waals surface area contributed by atoms with Crippen molar-refractivity contribution in [1.29, 1.82) is 5.26 Å². The quantitative estimate of drug-likeness (QED) is 0.703. The molecule has 0 unspecified atom stereocenters. The van der Waals surface area contributed by atoms with Crippen molar-refractivity contribution in [3.8, 4) is 11.8 Å². The molecule has 0 saturated carbocycles. The maximum absolute atomic E-state index is 12.1. The molecule has 6 heteroatoms. The topological polar surface area (TPSA) is 61.9 Å². The molecule has 0 spiro atoms. The van der Waals surface area contributed by atoms with Gasteiger partial charge in [0.1, 0.15) is 17.3 Å². The minimum atomic E-state index is -0.0115. The molecule has 0 fully saturated rings. The van der Waals surface area contributed by atoms with Crippen molar-refractivity contribution < 1.29 is 4.79 Å². The van der Waals surface area contributed by atoms with Crippen LogP contribution in [0.5, 0.6) is 0 Å². The number of hydrogen-bond acceptors (Lipinski definition) is 4. The average Bonchev–Trinajstić information content (AvgIpc) is 2.91. The Morgan fingerprint density at radius 3 is 3.18 bits per heavy atom. The van der Waals surface area contributed by atoms with Crippen LogP contribution in [-0.2, 0) is 6.54 Å². The van der Waals surface area contributed by atoms with E-state index in [1.54, 1.807) is 18.3 Å². The van der Waals surface area contributed by atoms with E-state index < -0.39 is 0 Å². The normalized spacial score (nSPS) is 13.9. The van der Waals surface area contributed by atoms with E-state index in [2.05, 4.69) is 11.1 Å². The van der Waals surface area contributed by atoms with Crippen molar-refractivity contribution in [3.63, 3.8) is 0 Å². The summed E-state index contributed by atoms with van der Waals surface area (Å²) in [6.45, 7) is 0.406. The molecule has 1 aliphatic rings. The Balaban J connectivity index is 2.31. The van der Waals surface area contributed by atoms with Gasteiger partial charge in [0.2, 0.25) is 0 Å². The van der Waals surface area contributed by atoms with Gasteiger partial charge >= 0.3 is 0 Å². The summed E-state index contributed by atoms with van der Waals surface area (Å²) in [5, 5.41) is 10.9. The van der Waals surface area contributed by atoms with E-state index in [-0.39, 0.29) is 5.91 Å². The number of carbonyl (C=O) groups is 1. The largest absolute Gasteiger partial charge is 0.335 e. The lowest BCUT2D eigenvalue weighted by molar-refractivity contribution is 0.0792. The van der Waals surface area contributed by atoms with Gasteiger partial charge in [0.25, 0.3) is 5.91 Å². The standard InChI is InChI=1S/C11H8N4OS/c1-14-5-9-7(4-12)13-6-15(9)8-2-3-17-10(8)11(14)16/h2-3,6H,5H2,1H3. The molecule has 2 aromatic heterocycles.